The minimum Gasteiger partial charge on any atom is -0.325 e. The van der Waals surface area contributed by atoms with Crippen LogP contribution in [0.15, 0.2) is 41.3 Å². The van der Waals surface area contributed by atoms with Crippen LogP contribution < -0.4 is 5.32 Å². The fourth-order valence-electron chi connectivity index (χ4n) is 1.55. The Labute approximate surface area is 119 Å². The third kappa shape index (κ3) is 3.51. The van der Waals surface area contributed by atoms with Crippen LogP contribution >= 0.6 is 34.7 Å². The highest BCUT2D eigenvalue weighted by Crippen LogP contribution is 2.25. The predicted octanol–water partition coefficient (Wildman–Crippen LogP) is 4.30. The number of amides is 1. The van der Waals surface area contributed by atoms with Gasteiger partial charge >= 0.3 is 0 Å². The van der Waals surface area contributed by atoms with E-state index >= 15 is 0 Å². The lowest BCUT2D eigenvalue weighted by Gasteiger charge is -2.08. The number of anilines is 1. The Kier molecular flexibility index (Phi) is 4.69. The Bertz CT molecular complexity index is 553. The summed E-state index contributed by atoms with van der Waals surface area (Å²) in [7, 11) is 0. The lowest BCUT2D eigenvalue weighted by Crippen LogP contribution is -2.14. The smallest absolute Gasteiger partial charge is 0.229 e. The van der Waals surface area contributed by atoms with Crippen molar-refractivity contribution in [1.29, 1.82) is 0 Å². The van der Waals surface area contributed by atoms with Crippen molar-refractivity contribution in [2.75, 3.05) is 11.6 Å². The molecule has 0 atom stereocenters. The fourth-order valence-corrected chi connectivity index (χ4v) is 3.19. The van der Waals surface area contributed by atoms with Crippen LogP contribution in [-0.4, -0.2) is 12.2 Å². The summed E-state index contributed by atoms with van der Waals surface area (Å²) in [6, 6.07) is 11.5. The van der Waals surface area contributed by atoms with Gasteiger partial charge in [0, 0.05) is 9.77 Å². The molecule has 0 aliphatic heterocycles. The van der Waals surface area contributed by atoms with Gasteiger partial charge in [0.2, 0.25) is 5.91 Å². The zero-order chi connectivity index (χ0) is 13.0. The van der Waals surface area contributed by atoms with E-state index in [2.05, 4.69) is 5.32 Å². The number of halogens is 1. The van der Waals surface area contributed by atoms with Crippen LogP contribution in [0.3, 0.4) is 0 Å². The first kappa shape index (κ1) is 13.5. The molecule has 2 aromatic rings. The summed E-state index contributed by atoms with van der Waals surface area (Å²) < 4.78 is 0.710. The van der Waals surface area contributed by atoms with Crippen LogP contribution in [0.4, 0.5) is 5.69 Å². The lowest BCUT2D eigenvalue weighted by atomic mass is 10.3. The van der Waals surface area contributed by atoms with Gasteiger partial charge in [0.15, 0.2) is 0 Å². The van der Waals surface area contributed by atoms with Crippen LogP contribution in [0.25, 0.3) is 0 Å². The molecule has 0 fully saturated rings. The average Bonchev–Trinajstić information content (AvgIpc) is 2.75. The molecule has 0 aliphatic rings. The number of thioether (sulfide) groups is 1. The van der Waals surface area contributed by atoms with Gasteiger partial charge in [0.25, 0.3) is 0 Å². The number of carbonyl (C=O) groups is 1. The van der Waals surface area contributed by atoms with Crippen molar-refractivity contribution >= 4 is 46.3 Å². The van der Waals surface area contributed by atoms with Gasteiger partial charge in [-0.15, -0.1) is 23.1 Å². The maximum absolute atomic E-state index is 11.9. The maximum Gasteiger partial charge on any atom is 0.229 e. The maximum atomic E-state index is 11.9. The summed E-state index contributed by atoms with van der Waals surface area (Å²) in [5, 5.41) is 2.92. The van der Waals surface area contributed by atoms with Crippen molar-refractivity contribution in [2.24, 2.45) is 0 Å². The molecular weight excluding hydrogens is 286 g/mol. The molecule has 18 heavy (non-hydrogen) atoms. The molecule has 0 saturated carbocycles. The second kappa shape index (κ2) is 6.27. The third-order valence-corrected chi connectivity index (χ3v) is 4.37. The van der Waals surface area contributed by atoms with E-state index in [9.17, 15) is 4.79 Å². The van der Waals surface area contributed by atoms with Crippen molar-refractivity contribution < 1.29 is 4.79 Å². The number of rotatable bonds is 4. The lowest BCUT2D eigenvalue weighted by molar-refractivity contribution is -0.115. The first-order chi connectivity index (χ1) is 8.69. The van der Waals surface area contributed by atoms with Gasteiger partial charge in [-0.1, -0.05) is 23.7 Å². The van der Waals surface area contributed by atoms with Gasteiger partial charge in [-0.3, -0.25) is 4.79 Å². The second-order valence-electron chi connectivity index (χ2n) is 3.63. The average molecular weight is 298 g/mol. The van der Waals surface area contributed by atoms with Crippen LogP contribution in [-0.2, 0) is 11.2 Å². The highest BCUT2D eigenvalue weighted by Gasteiger charge is 2.08. The SMILES string of the molecule is CSc1ccccc1NC(=O)Cc1ccc(Cl)s1. The largest absolute Gasteiger partial charge is 0.325 e. The monoisotopic (exact) mass is 297 g/mol. The minimum absolute atomic E-state index is 0.0185. The van der Waals surface area contributed by atoms with Gasteiger partial charge in [-0.2, -0.15) is 0 Å². The van der Waals surface area contributed by atoms with Crippen LogP contribution in [0.1, 0.15) is 4.88 Å². The molecule has 0 bridgehead atoms. The van der Waals surface area contributed by atoms with Gasteiger partial charge in [-0.25, -0.2) is 0 Å². The molecular formula is C13H12ClNOS2. The number of thiophene rings is 1. The van der Waals surface area contributed by atoms with E-state index in [1.165, 1.54) is 11.3 Å². The first-order valence-corrected chi connectivity index (χ1v) is 7.78. The van der Waals surface area contributed by atoms with Crippen LogP contribution in [0, 0.1) is 0 Å². The summed E-state index contributed by atoms with van der Waals surface area (Å²) in [6.45, 7) is 0. The first-order valence-electron chi connectivity index (χ1n) is 5.36. The van der Waals surface area contributed by atoms with Crippen molar-refractivity contribution in [3.8, 4) is 0 Å². The van der Waals surface area contributed by atoms with E-state index < -0.39 is 0 Å². The summed E-state index contributed by atoms with van der Waals surface area (Å²) >= 11 is 8.89. The van der Waals surface area contributed by atoms with Crippen molar-refractivity contribution in [3.05, 3.63) is 45.6 Å². The van der Waals surface area contributed by atoms with Crippen molar-refractivity contribution in [1.82, 2.24) is 0 Å². The normalized spacial score (nSPS) is 10.3. The highest BCUT2D eigenvalue weighted by atomic mass is 35.5. The molecule has 1 heterocycles. The Hall–Kier alpha value is -0.970. The summed E-state index contributed by atoms with van der Waals surface area (Å²) in [4.78, 5) is 13.9. The molecule has 94 valence electrons. The fraction of sp³-hybridized carbons (Fsp3) is 0.154. The summed E-state index contributed by atoms with van der Waals surface area (Å²) in [5.41, 5.74) is 0.859. The molecule has 0 aliphatic carbocycles. The van der Waals surface area contributed by atoms with E-state index in [1.54, 1.807) is 11.8 Å². The van der Waals surface area contributed by atoms with Crippen LogP contribution in [0.5, 0.6) is 0 Å². The molecule has 2 nitrogen and oxygen atoms in total. The van der Waals surface area contributed by atoms with Gasteiger partial charge in [-0.05, 0) is 30.5 Å². The number of para-hydroxylation sites is 1. The zero-order valence-corrected chi connectivity index (χ0v) is 12.2. The molecule has 2 rings (SSSR count). The molecule has 1 N–H and O–H groups in total. The molecule has 1 aromatic carbocycles. The summed E-state index contributed by atoms with van der Waals surface area (Å²) in [5.74, 6) is -0.0185. The Morgan fingerprint density at radius 3 is 2.78 bits per heavy atom. The number of carbonyl (C=O) groups excluding carboxylic acids is 1. The molecule has 1 aromatic heterocycles. The number of hydrogen-bond donors (Lipinski definition) is 1. The summed E-state index contributed by atoms with van der Waals surface area (Å²) in [6.07, 6.45) is 2.35. The Morgan fingerprint density at radius 1 is 1.33 bits per heavy atom. The minimum atomic E-state index is -0.0185. The standard InChI is InChI=1S/C13H12ClNOS2/c1-17-11-5-3-2-4-10(11)15-13(16)8-9-6-7-12(14)18-9/h2-7H,8H2,1H3,(H,15,16). The molecule has 0 radical (unpaired) electrons. The second-order valence-corrected chi connectivity index (χ2v) is 6.28. The molecule has 0 saturated heterocycles. The van der Waals surface area contributed by atoms with Gasteiger partial charge in [0.1, 0.15) is 0 Å². The van der Waals surface area contributed by atoms with E-state index in [0.717, 1.165) is 15.5 Å². The molecule has 5 heteroatoms. The highest BCUT2D eigenvalue weighted by molar-refractivity contribution is 7.98. The quantitative estimate of drug-likeness (QED) is 0.852. The van der Waals surface area contributed by atoms with E-state index in [0.29, 0.717) is 10.8 Å². The third-order valence-electron chi connectivity index (χ3n) is 2.34. The van der Waals surface area contributed by atoms with Crippen molar-refractivity contribution in [2.45, 2.75) is 11.3 Å². The Balaban J connectivity index is 2.03. The van der Waals surface area contributed by atoms with Crippen LogP contribution in [0.2, 0.25) is 4.34 Å². The van der Waals surface area contributed by atoms with E-state index in [4.69, 9.17) is 11.6 Å². The topological polar surface area (TPSA) is 29.1 Å². The van der Waals surface area contributed by atoms with Gasteiger partial charge < -0.3 is 5.32 Å². The predicted molar refractivity (Wildman–Crippen MR) is 79.9 cm³/mol. The number of nitrogens with one attached hydrogen (secondary N) is 1. The number of benzene rings is 1. The zero-order valence-electron chi connectivity index (χ0n) is 9.77. The van der Waals surface area contributed by atoms with Gasteiger partial charge in [0.05, 0.1) is 16.4 Å². The number of hydrogen-bond acceptors (Lipinski definition) is 3. The van der Waals surface area contributed by atoms with E-state index in [-0.39, 0.29) is 5.91 Å². The van der Waals surface area contributed by atoms with Crippen molar-refractivity contribution in [3.63, 3.8) is 0 Å². The Morgan fingerprint density at radius 2 is 2.11 bits per heavy atom. The van der Waals surface area contributed by atoms with E-state index in [1.807, 2.05) is 42.7 Å². The molecule has 0 spiro atoms. The molecule has 0 unspecified atom stereocenters. The molecule has 1 amide bonds.